The van der Waals surface area contributed by atoms with Gasteiger partial charge in [0.2, 0.25) is 5.91 Å². The van der Waals surface area contributed by atoms with Crippen LogP contribution in [0.25, 0.3) is 11.3 Å². The number of nitrogens with one attached hydrogen (secondary N) is 2. The molecule has 0 atom stereocenters. The lowest BCUT2D eigenvalue weighted by atomic mass is 10.1. The number of hydrogen-bond donors (Lipinski definition) is 2. The summed E-state index contributed by atoms with van der Waals surface area (Å²) >= 11 is 0. The lowest BCUT2D eigenvalue weighted by molar-refractivity contribution is -0.117. The Morgan fingerprint density at radius 2 is 2.12 bits per heavy atom. The van der Waals surface area contributed by atoms with Crippen LogP contribution in [0, 0.1) is 5.92 Å². The normalized spacial score (nSPS) is 14.6. The highest BCUT2D eigenvalue weighted by Gasteiger charge is 2.29. The molecule has 17 heavy (non-hydrogen) atoms. The van der Waals surface area contributed by atoms with Gasteiger partial charge < -0.3 is 5.32 Å². The van der Waals surface area contributed by atoms with Crippen molar-refractivity contribution in [3.05, 3.63) is 36.5 Å². The molecule has 1 aliphatic rings. The van der Waals surface area contributed by atoms with E-state index in [0.29, 0.717) is 0 Å². The Morgan fingerprint density at radius 1 is 1.29 bits per heavy atom. The smallest absolute Gasteiger partial charge is 0.227 e. The van der Waals surface area contributed by atoms with Crippen molar-refractivity contribution in [3.63, 3.8) is 0 Å². The van der Waals surface area contributed by atoms with E-state index in [1.54, 1.807) is 6.20 Å². The molecule has 0 spiro atoms. The molecule has 3 rings (SSSR count). The Kier molecular flexibility index (Phi) is 2.40. The SMILES string of the molecule is O=C(Nc1ccccc1-c1ccn[nH]1)C1CC1. The molecule has 0 saturated heterocycles. The van der Waals surface area contributed by atoms with Gasteiger partial charge in [-0.1, -0.05) is 18.2 Å². The lowest BCUT2D eigenvalue weighted by Gasteiger charge is -2.09. The van der Waals surface area contributed by atoms with E-state index in [9.17, 15) is 4.79 Å². The van der Waals surface area contributed by atoms with Crippen molar-refractivity contribution in [3.8, 4) is 11.3 Å². The highest BCUT2D eigenvalue weighted by atomic mass is 16.2. The molecule has 0 unspecified atom stereocenters. The van der Waals surface area contributed by atoms with Gasteiger partial charge in [0.15, 0.2) is 0 Å². The van der Waals surface area contributed by atoms with E-state index in [1.165, 1.54) is 0 Å². The second-order valence-electron chi connectivity index (χ2n) is 4.28. The van der Waals surface area contributed by atoms with Crippen molar-refractivity contribution in [1.82, 2.24) is 10.2 Å². The zero-order chi connectivity index (χ0) is 11.7. The summed E-state index contributed by atoms with van der Waals surface area (Å²) in [4.78, 5) is 11.8. The maximum atomic E-state index is 11.8. The molecule has 0 bridgehead atoms. The van der Waals surface area contributed by atoms with Crippen molar-refractivity contribution in [2.45, 2.75) is 12.8 Å². The molecule has 4 heteroatoms. The average Bonchev–Trinajstić information content (AvgIpc) is 3.06. The summed E-state index contributed by atoms with van der Waals surface area (Å²) in [5.41, 5.74) is 2.73. The summed E-state index contributed by atoms with van der Waals surface area (Å²) in [5.74, 6) is 0.335. The Labute approximate surface area is 99.1 Å². The zero-order valence-electron chi connectivity index (χ0n) is 9.31. The number of H-pyrrole nitrogens is 1. The van der Waals surface area contributed by atoms with Crippen LogP contribution < -0.4 is 5.32 Å². The monoisotopic (exact) mass is 227 g/mol. The van der Waals surface area contributed by atoms with Gasteiger partial charge in [0.05, 0.1) is 11.4 Å². The van der Waals surface area contributed by atoms with E-state index in [0.717, 1.165) is 29.8 Å². The molecule has 1 aliphatic carbocycles. The number of anilines is 1. The van der Waals surface area contributed by atoms with Gasteiger partial charge in [-0.25, -0.2) is 0 Å². The van der Waals surface area contributed by atoms with Gasteiger partial charge in [0, 0.05) is 17.7 Å². The van der Waals surface area contributed by atoms with E-state index < -0.39 is 0 Å². The molecule has 86 valence electrons. The topological polar surface area (TPSA) is 57.8 Å². The molecule has 1 heterocycles. The Bertz CT molecular complexity index is 529. The van der Waals surface area contributed by atoms with Gasteiger partial charge >= 0.3 is 0 Å². The predicted octanol–water partition coefficient (Wildman–Crippen LogP) is 2.43. The Morgan fingerprint density at radius 3 is 2.82 bits per heavy atom. The van der Waals surface area contributed by atoms with Crippen LogP contribution in [0.2, 0.25) is 0 Å². The number of aromatic nitrogens is 2. The van der Waals surface area contributed by atoms with Crippen molar-refractivity contribution in [2.75, 3.05) is 5.32 Å². The maximum Gasteiger partial charge on any atom is 0.227 e. The molecular formula is C13H13N3O. The number of rotatable bonds is 3. The minimum Gasteiger partial charge on any atom is -0.325 e. The molecule has 1 aromatic heterocycles. The van der Waals surface area contributed by atoms with Crippen molar-refractivity contribution in [2.24, 2.45) is 5.92 Å². The summed E-state index contributed by atoms with van der Waals surface area (Å²) in [6, 6.07) is 9.64. The lowest BCUT2D eigenvalue weighted by Crippen LogP contribution is -2.13. The first kappa shape index (κ1) is 10.1. The number of hydrogen-bond acceptors (Lipinski definition) is 2. The van der Waals surface area contributed by atoms with E-state index in [4.69, 9.17) is 0 Å². The third kappa shape index (κ3) is 2.06. The predicted molar refractivity (Wildman–Crippen MR) is 65.4 cm³/mol. The number of para-hydroxylation sites is 1. The number of carbonyl (C=O) groups is 1. The maximum absolute atomic E-state index is 11.8. The number of nitrogens with zero attached hydrogens (tertiary/aromatic N) is 1. The van der Waals surface area contributed by atoms with E-state index in [-0.39, 0.29) is 11.8 Å². The quantitative estimate of drug-likeness (QED) is 0.846. The second-order valence-corrected chi connectivity index (χ2v) is 4.28. The molecular weight excluding hydrogens is 214 g/mol. The molecule has 1 amide bonds. The summed E-state index contributed by atoms with van der Waals surface area (Å²) in [5, 5.41) is 9.81. The van der Waals surface area contributed by atoms with Crippen LogP contribution in [0.5, 0.6) is 0 Å². The third-order valence-corrected chi connectivity index (χ3v) is 2.92. The van der Waals surface area contributed by atoms with Crippen LogP contribution in [0.1, 0.15) is 12.8 Å². The van der Waals surface area contributed by atoms with Gasteiger partial charge in [0.1, 0.15) is 0 Å². The minimum absolute atomic E-state index is 0.122. The van der Waals surface area contributed by atoms with Crippen LogP contribution in [-0.4, -0.2) is 16.1 Å². The van der Waals surface area contributed by atoms with Gasteiger partial charge in [-0.05, 0) is 25.0 Å². The van der Waals surface area contributed by atoms with Crippen LogP contribution in [0.15, 0.2) is 36.5 Å². The third-order valence-electron chi connectivity index (χ3n) is 2.92. The number of aromatic amines is 1. The molecule has 2 aromatic rings. The van der Waals surface area contributed by atoms with Crippen molar-refractivity contribution >= 4 is 11.6 Å². The van der Waals surface area contributed by atoms with Gasteiger partial charge in [-0.3, -0.25) is 9.89 Å². The van der Waals surface area contributed by atoms with E-state index in [1.807, 2.05) is 30.3 Å². The number of carbonyl (C=O) groups excluding carboxylic acids is 1. The summed E-state index contributed by atoms with van der Waals surface area (Å²) in [6.45, 7) is 0. The number of amides is 1. The first-order valence-corrected chi connectivity index (χ1v) is 5.74. The first-order valence-electron chi connectivity index (χ1n) is 5.74. The summed E-state index contributed by atoms with van der Waals surface area (Å²) in [6.07, 6.45) is 3.73. The Hall–Kier alpha value is -2.10. The summed E-state index contributed by atoms with van der Waals surface area (Å²) < 4.78 is 0. The largest absolute Gasteiger partial charge is 0.325 e. The molecule has 0 radical (unpaired) electrons. The summed E-state index contributed by atoms with van der Waals surface area (Å²) in [7, 11) is 0. The highest BCUT2D eigenvalue weighted by molar-refractivity contribution is 5.97. The second kappa shape index (κ2) is 4.05. The van der Waals surface area contributed by atoms with Gasteiger partial charge in [-0.2, -0.15) is 5.10 Å². The van der Waals surface area contributed by atoms with Crippen LogP contribution in [0.3, 0.4) is 0 Å². The molecule has 1 aromatic carbocycles. The minimum atomic E-state index is 0.122. The fraction of sp³-hybridized carbons (Fsp3) is 0.231. The molecule has 0 aliphatic heterocycles. The standard InChI is InChI=1S/C13H13N3O/c17-13(9-5-6-9)15-11-4-2-1-3-10(11)12-7-8-14-16-12/h1-4,7-9H,5-6H2,(H,14,16)(H,15,17). The molecule has 2 N–H and O–H groups in total. The van der Waals surface area contributed by atoms with E-state index >= 15 is 0 Å². The highest BCUT2D eigenvalue weighted by Crippen LogP contribution is 2.32. The first-order chi connectivity index (χ1) is 8.34. The fourth-order valence-electron chi connectivity index (χ4n) is 1.81. The molecule has 1 fully saturated rings. The van der Waals surface area contributed by atoms with Gasteiger partial charge in [-0.15, -0.1) is 0 Å². The van der Waals surface area contributed by atoms with Crippen molar-refractivity contribution in [1.29, 1.82) is 0 Å². The van der Waals surface area contributed by atoms with Gasteiger partial charge in [0.25, 0.3) is 0 Å². The van der Waals surface area contributed by atoms with E-state index in [2.05, 4.69) is 15.5 Å². The molecule has 4 nitrogen and oxygen atoms in total. The average molecular weight is 227 g/mol. The van der Waals surface area contributed by atoms with Crippen molar-refractivity contribution < 1.29 is 4.79 Å². The zero-order valence-corrected chi connectivity index (χ0v) is 9.31. The fourth-order valence-corrected chi connectivity index (χ4v) is 1.81. The molecule has 1 saturated carbocycles. The Balaban J connectivity index is 1.90. The van der Waals surface area contributed by atoms with Crippen LogP contribution in [0.4, 0.5) is 5.69 Å². The number of benzene rings is 1. The van der Waals surface area contributed by atoms with Crippen LogP contribution >= 0.6 is 0 Å². The van der Waals surface area contributed by atoms with Crippen LogP contribution in [-0.2, 0) is 4.79 Å².